The van der Waals surface area contributed by atoms with Crippen LogP contribution in [0.25, 0.3) is 11.1 Å². The summed E-state index contributed by atoms with van der Waals surface area (Å²) in [6, 6.07) is 26.5. The molecule has 0 aliphatic rings. The van der Waals surface area contributed by atoms with Crippen LogP contribution in [0.2, 0.25) is 0 Å². The summed E-state index contributed by atoms with van der Waals surface area (Å²) in [5.74, 6) is 0.295. The Morgan fingerprint density at radius 2 is 1.10 bits per heavy atom. The van der Waals surface area contributed by atoms with Crippen LogP contribution < -0.4 is 0 Å². The second kappa shape index (κ2) is 11.2. The van der Waals surface area contributed by atoms with Gasteiger partial charge in [-0.2, -0.15) is 0 Å². The number of rotatable bonds is 6. The van der Waals surface area contributed by atoms with Crippen molar-refractivity contribution in [2.45, 2.75) is 52.4 Å². The molecule has 29 heavy (non-hydrogen) atoms. The van der Waals surface area contributed by atoms with Gasteiger partial charge in [-0.15, -0.1) is 0 Å². The molecule has 0 spiro atoms. The lowest BCUT2D eigenvalue weighted by Crippen LogP contribution is -1.97. The van der Waals surface area contributed by atoms with Crippen molar-refractivity contribution in [2.24, 2.45) is 0 Å². The lowest BCUT2D eigenvalue weighted by molar-refractivity contribution is 0.0697. The van der Waals surface area contributed by atoms with E-state index in [-0.39, 0.29) is 0 Å². The van der Waals surface area contributed by atoms with Crippen molar-refractivity contribution in [3.8, 4) is 11.1 Å². The minimum absolute atomic E-state index is 0.354. The van der Waals surface area contributed by atoms with Crippen LogP contribution >= 0.6 is 0 Å². The number of aromatic carboxylic acids is 1. The quantitative estimate of drug-likeness (QED) is 0.468. The standard InChI is InChI=1S/C16H18.C11H14O2/c1-3-13(2)14-9-11-16(12-10-14)15-7-5-4-6-8-15;1-3-8(2)9-4-6-10(7-5-9)11(12)13/h4-13H,3H2,1-2H3;4-8H,3H2,1-2H3,(H,12,13). The van der Waals surface area contributed by atoms with Crippen molar-refractivity contribution >= 4 is 5.97 Å². The predicted molar refractivity (Wildman–Crippen MR) is 123 cm³/mol. The van der Waals surface area contributed by atoms with Gasteiger partial charge in [0.1, 0.15) is 0 Å². The van der Waals surface area contributed by atoms with Gasteiger partial charge in [-0.3, -0.25) is 0 Å². The van der Waals surface area contributed by atoms with Gasteiger partial charge in [0.2, 0.25) is 0 Å². The lowest BCUT2D eigenvalue weighted by Gasteiger charge is -2.09. The van der Waals surface area contributed by atoms with E-state index in [9.17, 15) is 4.79 Å². The molecule has 0 radical (unpaired) electrons. The van der Waals surface area contributed by atoms with E-state index in [0.29, 0.717) is 17.4 Å². The van der Waals surface area contributed by atoms with Crippen LogP contribution in [0.3, 0.4) is 0 Å². The second-order valence-electron chi connectivity index (χ2n) is 7.53. The third-order valence-electron chi connectivity index (χ3n) is 5.54. The maximum atomic E-state index is 10.6. The topological polar surface area (TPSA) is 37.3 Å². The number of hydrogen-bond donors (Lipinski definition) is 1. The Morgan fingerprint density at radius 1 is 0.690 bits per heavy atom. The van der Waals surface area contributed by atoms with E-state index < -0.39 is 5.97 Å². The third kappa shape index (κ3) is 6.60. The highest BCUT2D eigenvalue weighted by atomic mass is 16.4. The number of hydrogen-bond acceptors (Lipinski definition) is 1. The van der Waals surface area contributed by atoms with Crippen LogP contribution in [-0.2, 0) is 0 Å². The molecule has 152 valence electrons. The average molecular weight is 389 g/mol. The monoisotopic (exact) mass is 388 g/mol. The SMILES string of the molecule is CCC(C)c1ccc(-c2ccccc2)cc1.CCC(C)c1ccc(C(=O)O)cc1. The molecule has 2 atom stereocenters. The van der Waals surface area contributed by atoms with Crippen molar-refractivity contribution in [3.63, 3.8) is 0 Å². The maximum Gasteiger partial charge on any atom is 0.335 e. The molecule has 0 aliphatic heterocycles. The summed E-state index contributed by atoms with van der Waals surface area (Å²) in [6.45, 7) is 8.76. The summed E-state index contributed by atoms with van der Waals surface area (Å²) in [5, 5.41) is 8.67. The van der Waals surface area contributed by atoms with Gasteiger partial charge >= 0.3 is 5.97 Å². The molecule has 0 saturated heterocycles. The summed E-state index contributed by atoms with van der Waals surface area (Å²) in [6.07, 6.45) is 2.27. The molecule has 0 amide bonds. The minimum atomic E-state index is -0.865. The fourth-order valence-corrected chi connectivity index (χ4v) is 3.06. The normalized spacial score (nSPS) is 12.4. The Morgan fingerprint density at radius 3 is 1.52 bits per heavy atom. The molecule has 0 aliphatic carbocycles. The molecule has 1 N–H and O–H groups in total. The first kappa shape index (κ1) is 22.4. The fraction of sp³-hybridized carbons (Fsp3) is 0.296. The Kier molecular flexibility index (Phi) is 8.67. The van der Waals surface area contributed by atoms with Gasteiger partial charge in [0.25, 0.3) is 0 Å². The maximum absolute atomic E-state index is 10.6. The molecule has 3 rings (SSSR count). The first-order chi connectivity index (χ1) is 14.0. The van der Waals surface area contributed by atoms with Crippen LogP contribution in [0.1, 0.15) is 73.9 Å². The van der Waals surface area contributed by atoms with E-state index in [4.69, 9.17) is 5.11 Å². The van der Waals surface area contributed by atoms with Crippen molar-refractivity contribution < 1.29 is 9.90 Å². The van der Waals surface area contributed by atoms with Crippen LogP contribution in [0.15, 0.2) is 78.9 Å². The number of carbonyl (C=O) groups is 1. The number of carboxylic acid groups (broad SMARTS) is 1. The van der Waals surface area contributed by atoms with E-state index in [1.54, 1.807) is 12.1 Å². The van der Waals surface area contributed by atoms with Crippen LogP contribution in [-0.4, -0.2) is 11.1 Å². The van der Waals surface area contributed by atoms with Crippen molar-refractivity contribution in [1.82, 2.24) is 0 Å². The molecule has 0 saturated carbocycles. The van der Waals surface area contributed by atoms with Gasteiger partial charge in [-0.05, 0) is 59.1 Å². The zero-order chi connectivity index (χ0) is 21.2. The van der Waals surface area contributed by atoms with Crippen molar-refractivity contribution in [2.75, 3.05) is 0 Å². The third-order valence-corrected chi connectivity index (χ3v) is 5.54. The summed E-state index contributed by atoms with van der Waals surface area (Å²) in [4.78, 5) is 10.6. The highest BCUT2D eigenvalue weighted by molar-refractivity contribution is 5.87. The van der Waals surface area contributed by atoms with E-state index in [1.165, 1.54) is 28.7 Å². The Bertz CT molecular complexity index is 865. The van der Waals surface area contributed by atoms with Gasteiger partial charge in [-0.25, -0.2) is 4.79 Å². The zero-order valence-electron chi connectivity index (χ0n) is 17.9. The molecule has 0 heterocycles. The van der Waals surface area contributed by atoms with Crippen LogP contribution in [0.5, 0.6) is 0 Å². The lowest BCUT2D eigenvalue weighted by atomic mass is 9.96. The molecule has 3 aromatic rings. The van der Waals surface area contributed by atoms with Crippen LogP contribution in [0.4, 0.5) is 0 Å². The molecule has 0 bridgehead atoms. The minimum Gasteiger partial charge on any atom is -0.478 e. The summed E-state index contributed by atoms with van der Waals surface area (Å²) < 4.78 is 0. The highest BCUT2D eigenvalue weighted by Crippen LogP contribution is 2.24. The Labute approximate surface area is 175 Å². The summed E-state index contributed by atoms with van der Waals surface area (Å²) in [5.41, 5.74) is 5.58. The summed E-state index contributed by atoms with van der Waals surface area (Å²) in [7, 11) is 0. The van der Waals surface area contributed by atoms with E-state index in [2.05, 4.69) is 82.3 Å². The Hall–Kier alpha value is -2.87. The molecular weight excluding hydrogens is 356 g/mol. The first-order valence-electron chi connectivity index (χ1n) is 10.4. The van der Waals surface area contributed by atoms with Crippen LogP contribution in [0, 0.1) is 0 Å². The first-order valence-corrected chi connectivity index (χ1v) is 10.4. The highest BCUT2D eigenvalue weighted by Gasteiger charge is 2.05. The van der Waals surface area contributed by atoms with E-state index >= 15 is 0 Å². The van der Waals surface area contributed by atoms with Crippen molar-refractivity contribution in [1.29, 1.82) is 0 Å². The van der Waals surface area contributed by atoms with E-state index in [0.717, 1.165) is 6.42 Å². The molecule has 2 nitrogen and oxygen atoms in total. The van der Waals surface area contributed by atoms with Gasteiger partial charge in [0.15, 0.2) is 0 Å². The summed E-state index contributed by atoms with van der Waals surface area (Å²) >= 11 is 0. The predicted octanol–water partition coefficient (Wildman–Crippen LogP) is 7.77. The van der Waals surface area contributed by atoms with Gasteiger partial charge < -0.3 is 5.11 Å². The smallest absolute Gasteiger partial charge is 0.335 e. The fourth-order valence-electron chi connectivity index (χ4n) is 3.06. The van der Waals surface area contributed by atoms with Gasteiger partial charge in [0, 0.05) is 0 Å². The largest absolute Gasteiger partial charge is 0.478 e. The van der Waals surface area contributed by atoms with E-state index in [1.807, 2.05) is 12.1 Å². The number of benzene rings is 3. The average Bonchev–Trinajstić information content (AvgIpc) is 2.79. The van der Waals surface area contributed by atoms with Crippen molar-refractivity contribution in [3.05, 3.63) is 95.6 Å². The van der Waals surface area contributed by atoms with Gasteiger partial charge in [0.05, 0.1) is 5.56 Å². The molecular formula is C27H32O2. The molecule has 3 aromatic carbocycles. The molecule has 0 aromatic heterocycles. The van der Waals surface area contributed by atoms with Gasteiger partial charge in [-0.1, -0.05) is 94.4 Å². The molecule has 2 heteroatoms. The molecule has 2 unspecified atom stereocenters. The number of carboxylic acids is 1. The Balaban J connectivity index is 0.000000212. The zero-order valence-corrected chi connectivity index (χ0v) is 17.9. The molecule has 0 fully saturated rings. The second-order valence-corrected chi connectivity index (χ2v) is 7.53.